The maximum atomic E-state index is 13.4. The van der Waals surface area contributed by atoms with Crippen LogP contribution in [-0.2, 0) is 0 Å². The molecule has 0 radical (unpaired) electrons. The highest BCUT2D eigenvalue weighted by Crippen LogP contribution is 2.35. The fourth-order valence-corrected chi connectivity index (χ4v) is 3.75. The van der Waals surface area contributed by atoms with E-state index in [1.54, 1.807) is 0 Å². The Morgan fingerprint density at radius 3 is 2.28 bits per heavy atom. The Kier molecular flexibility index (Phi) is 3.85. The van der Waals surface area contributed by atoms with Crippen LogP contribution in [0.4, 0.5) is 0 Å². The van der Waals surface area contributed by atoms with Gasteiger partial charge in [0.05, 0.1) is 0 Å². The van der Waals surface area contributed by atoms with Crippen LogP contribution in [0, 0.1) is 0 Å². The Morgan fingerprint density at radius 1 is 0.800 bits per heavy atom. The first-order chi connectivity index (χ1) is 12.1. The SMILES string of the molecule is CC1=CC(C)=C(c2ccccc2C(=O)c2cccc3ccccc23)C1. The van der Waals surface area contributed by atoms with Crippen molar-refractivity contribution in [1.29, 1.82) is 0 Å². The first-order valence-electron chi connectivity index (χ1n) is 8.64. The molecule has 0 aliphatic heterocycles. The van der Waals surface area contributed by atoms with Crippen LogP contribution in [0.5, 0.6) is 0 Å². The van der Waals surface area contributed by atoms with Crippen LogP contribution in [-0.4, -0.2) is 5.78 Å². The summed E-state index contributed by atoms with van der Waals surface area (Å²) in [6.07, 6.45) is 3.14. The fourth-order valence-electron chi connectivity index (χ4n) is 3.75. The molecule has 0 unspecified atom stereocenters. The van der Waals surface area contributed by atoms with Crippen LogP contribution in [0.25, 0.3) is 16.3 Å². The lowest BCUT2D eigenvalue weighted by atomic mass is 9.90. The average molecular weight is 324 g/mol. The van der Waals surface area contributed by atoms with Gasteiger partial charge in [-0.25, -0.2) is 0 Å². The summed E-state index contributed by atoms with van der Waals surface area (Å²) in [6.45, 7) is 4.27. The number of rotatable bonds is 3. The standard InChI is InChI=1S/C24H20O/c1-16-14-17(2)23(15-16)20-11-5-6-12-22(20)24(25)21-13-7-9-18-8-3-4-10-19(18)21/h3-14H,15H2,1-2H3. The normalized spacial score (nSPS) is 14.1. The number of benzene rings is 3. The molecule has 1 aliphatic rings. The number of fused-ring (bicyclic) bond motifs is 1. The largest absolute Gasteiger partial charge is 0.289 e. The molecule has 0 saturated carbocycles. The van der Waals surface area contributed by atoms with Crippen molar-refractivity contribution in [2.45, 2.75) is 20.3 Å². The number of ketones is 1. The zero-order valence-corrected chi connectivity index (χ0v) is 14.5. The first-order valence-corrected chi connectivity index (χ1v) is 8.64. The van der Waals surface area contributed by atoms with E-state index in [2.05, 4.69) is 38.1 Å². The molecular formula is C24H20O. The highest BCUT2D eigenvalue weighted by atomic mass is 16.1. The molecule has 0 bridgehead atoms. The zero-order valence-electron chi connectivity index (χ0n) is 14.5. The predicted molar refractivity (Wildman–Crippen MR) is 105 cm³/mol. The van der Waals surface area contributed by atoms with Crippen LogP contribution < -0.4 is 0 Å². The predicted octanol–water partition coefficient (Wildman–Crippen LogP) is 6.19. The molecular weight excluding hydrogens is 304 g/mol. The minimum atomic E-state index is 0.0947. The number of allylic oxidation sites excluding steroid dienone is 4. The van der Waals surface area contributed by atoms with Gasteiger partial charge in [-0.15, -0.1) is 0 Å². The minimum absolute atomic E-state index is 0.0947. The summed E-state index contributed by atoms with van der Waals surface area (Å²) in [7, 11) is 0. The van der Waals surface area contributed by atoms with Crippen molar-refractivity contribution in [2.24, 2.45) is 0 Å². The van der Waals surface area contributed by atoms with Crippen molar-refractivity contribution in [3.8, 4) is 0 Å². The van der Waals surface area contributed by atoms with E-state index < -0.39 is 0 Å². The van der Waals surface area contributed by atoms with Crippen molar-refractivity contribution in [3.63, 3.8) is 0 Å². The van der Waals surface area contributed by atoms with Crippen molar-refractivity contribution in [2.75, 3.05) is 0 Å². The van der Waals surface area contributed by atoms with Gasteiger partial charge in [-0.05, 0) is 47.8 Å². The topological polar surface area (TPSA) is 17.1 Å². The summed E-state index contributed by atoms with van der Waals surface area (Å²) < 4.78 is 0. The fraction of sp³-hybridized carbons (Fsp3) is 0.125. The van der Waals surface area contributed by atoms with Gasteiger partial charge < -0.3 is 0 Å². The van der Waals surface area contributed by atoms with Crippen LogP contribution >= 0.6 is 0 Å². The molecule has 3 aromatic rings. The molecule has 0 N–H and O–H groups in total. The monoisotopic (exact) mass is 324 g/mol. The molecule has 4 rings (SSSR count). The summed E-state index contributed by atoms with van der Waals surface area (Å²) in [5, 5.41) is 2.11. The Bertz CT molecular complexity index is 1050. The molecule has 0 aromatic heterocycles. The molecule has 0 fully saturated rings. The Hall–Kier alpha value is -2.93. The maximum absolute atomic E-state index is 13.4. The van der Waals surface area contributed by atoms with E-state index >= 15 is 0 Å². The van der Waals surface area contributed by atoms with Gasteiger partial charge in [-0.2, -0.15) is 0 Å². The second-order valence-corrected chi connectivity index (χ2v) is 6.73. The third-order valence-corrected chi connectivity index (χ3v) is 4.93. The van der Waals surface area contributed by atoms with Gasteiger partial charge in [0.25, 0.3) is 0 Å². The third kappa shape index (κ3) is 2.72. The van der Waals surface area contributed by atoms with Crippen molar-refractivity contribution < 1.29 is 4.79 Å². The van der Waals surface area contributed by atoms with Crippen LogP contribution in [0.1, 0.15) is 41.8 Å². The average Bonchev–Trinajstić information content (AvgIpc) is 2.98. The number of hydrogen-bond donors (Lipinski definition) is 0. The quantitative estimate of drug-likeness (QED) is 0.525. The van der Waals surface area contributed by atoms with E-state index in [-0.39, 0.29) is 5.78 Å². The summed E-state index contributed by atoms with van der Waals surface area (Å²) >= 11 is 0. The lowest BCUT2D eigenvalue weighted by molar-refractivity contribution is 0.104. The van der Waals surface area contributed by atoms with E-state index in [9.17, 15) is 4.79 Å². The second-order valence-electron chi connectivity index (χ2n) is 6.73. The molecule has 1 heteroatoms. The highest BCUT2D eigenvalue weighted by Gasteiger charge is 2.20. The van der Waals surface area contributed by atoms with Crippen molar-refractivity contribution >= 4 is 22.1 Å². The van der Waals surface area contributed by atoms with E-state index in [0.717, 1.165) is 33.9 Å². The van der Waals surface area contributed by atoms with Gasteiger partial charge in [-0.3, -0.25) is 4.79 Å². The third-order valence-electron chi connectivity index (χ3n) is 4.93. The van der Waals surface area contributed by atoms with Gasteiger partial charge >= 0.3 is 0 Å². The van der Waals surface area contributed by atoms with Crippen LogP contribution in [0.15, 0.2) is 84.0 Å². The molecule has 0 saturated heterocycles. The van der Waals surface area contributed by atoms with Gasteiger partial charge in [0.15, 0.2) is 5.78 Å². The molecule has 0 heterocycles. The zero-order chi connectivity index (χ0) is 17.4. The van der Waals surface area contributed by atoms with Crippen molar-refractivity contribution in [3.05, 3.63) is 101 Å². The van der Waals surface area contributed by atoms with Gasteiger partial charge in [0.2, 0.25) is 0 Å². The number of carbonyl (C=O) groups excluding carboxylic acids is 1. The summed E-state index contributed by atoms with van der Waals surface area (Å²) in [6, 6.07) is 22.0. The van der Waals surface area contributed by atoms with Crippen LogP contribution in [0.3, 0.4) is 0 Å². The van der Waals surface area contributed by atoms with Crippen LogP contribution in [0.2, 0.25) is 0 Å². The van der Waals surface area contributed by atoms with E-state index in [0.29, 0.717) is 0 Å². The molecule has 3 aromatic carbocycles. The highest BCUT2D eigenvalue weighted by molar-refractivity contribution is 6.18. The maximum Gasteiger partial charge on any atom is 0.194 e. The van der Waals surface area contributed by atoms with E-state index in [1.165, 1.54) is 16.7 Å². The lowest BCUT2D eigenvalue weighted by Gasteiger charge is -2.13. The van der Waals surface area contributed by atoms with E-state index in [1.807, 2.05) is 48.5 Å². The first kappa shape index (κ1) is 15.6. The summed E-state index contributed by atoms with van der Waals surface area (Å²) in [4.78, 5) is 13.4. The number of hydrogen-bond acceptors (Lipinski definition) is 1. The summed E-state index contributed by atoms with van der Waals surface area (Å²) in [5.41, 5.74) is 6.49. The van der Waals surface area contributed by atoms with Gasteiger partial charge in [0, 0.05) is 11.1 Å². The molecule has 0 amide bonds. The van der Waals surface area contributed by atoms with E-state index in [4.69, 9.17) is 0 Å². The summed E-state index contributed by atoms with van der Waals surface area (Å²) in [5.74, 6) is 0.0947. The Labute approximate surface area is 148 Å². The van der Waals surface area contributed by atoms with Crippen molar-refractivity contribution in [1.82, 2.24) is 0 Å². The van der Waals surface area contributed by atoms with Gasteiger partial charge in [0.1, 0.15) is 0 Å². The smallest absolute Gasteiger partial charge is 0.194 e. The molecule has 0 spiro atoms. The minimum Gasteiger partial charge on any atom is -0.289 e. The molecule has 0 atom stereocenters. The Balaban J connectivity index is 1.86. The number of carbonyl (C=O) groups is 1. The molecule has 122 valence electrons. The second kappa shape index (κ2) is 6.18. The Morgan fingerprint density at radius 2 is 1.48 bits per heavy atom. The molecule has 25 heavy (non-hydrogen) atoms. The molecule has 1 nitrogen and oxygen atoms in total. The lowest BCUT2D eigenvalue weighted by Crippen LogP contribution is -2.06. The van der Waals surface area contributed by atoms with Gasteiger partial charge in [-0.1, -0.05) is 78.4 Å². The molecule has 1 aliphatic carbocycles.